The standard InChI is InChI=1S/C31H44O6S5/c1-7-30(4,28(35)42-25-9-8-16-41-25)22-31(5,27(34)36-15-18-40-20-19-39-17-14-32)21-29(2,3)26(33)37-23-10-12-24(38-6)13-11-23/h8-13,16,32H,7,14-15,17-22H2,1-6H3. The number of aliphatic hydroxyl groups is 1. The van der Waals surface area contributed by atoms with Crippen LogP contribution in [0, 0.1) is 16.2 Å². The lowest BCUT2D eigenvalue weighted by molar-refractivity contribution is -0.161. The SMILES string of the molecule is CCC(C)(CC(C)(CC(C)(C)C(=O)Oc1ccc(SC)cc1)C(=O)OCCSCCSCCO)C(=O)Sc1cccs1. The molecule has 1 N–H and O–H groups in total. The molecule has 11 heteroatoms. The van der Waals surface area contributed by atoms with Crippen LogP contribution in [0.5, 0.6) is 5.75 Å². The van der Waals surface area contributed by atoms with E-state index in [0.29, 0.717) is 17.9 Å². The van der Waals surface area contributed by atoms with Gasteiger partial charge < -0.3 is 14.6 Å². The Morgan fingerprint density at radius 1 is 0.881 bits per heavy atom. The summed E-state index contributed by atoms with van der Waals surface area (Å²) in [5, 5.41) is 10.8. The molecular formula is C31H44O6S5. The van der Waals surface area contributed by atoms with Crippen LogP contribution in [0.25, 0.3) is 0 Å². The number of hydrogen-bond acceptors (Lipinski definition) is 11. The third kappa shape index (κ3) is 11.8. The zero-order valence-electron chi connectivity index (χ0n) is 25.4. The number of esters is 2. The van der Waals surface area contributed by atoms with Crippen molar-refractivity contribution in [3.8, 4) is 5.75 Å². The molecule has 1 heterocycles. The lowest BCUT2D eigenvalue weighted by Gasteiger charge is -2.39. The second kappa shape index (κ2) is 18.0. The van der Waals surface area contributed by atoms with E-state index in [1.54, 1.807) is 61.3 Å². The van der Waals surface area contributed by atoms with Gasteiger partial charge in [-0.2, -0.15) is 23.5 Å². The molecule has 0 fully saturated rings. The number of thiophene rings is 1. The fourth-order valence-electron chi connectivity index (χ4n) is 4.64. The molecule has 0 amide bonds. The lowest BCUT2D eigenvalue weighted by Crippen LogP contribution is -2.44. The third-order valence-electron chi connectivity index (χ3n) is 6.96. The first-order valence-electron chi connectivity index (χ1n) is 13.9. The molecule has 1 aromatic carbocycles. The second-order valence-electron chi connectivity index (χ2n) is 11.2. The summed E-state index contributed by atoms with van der Waals surface area (Å²) in [5.41, 5.74) is -2.94. The molecule has 6 nitrogen and oxygen atoms in total. The van der Waals surface area contributed by atoms with Gasteiger partial charge in [0.15, 0.2) is 5.12 Å². The van der Waals surface area contributed by atoms with Gasteiger partial charge in [-0.3, -0.25) is 14.4 Å². The number of thioether (sulfide) groups is 4. The zero-order chi connectivity index (χ0) is 31.2. The number of carbonyl (C=O) groups excluding carboxylic acids is 3. The van der Waals surface area contributed by atoms with Crippen LogP contribution in [-0.2, 0) is 19.1 Å². The van der Waals surface area contributed by atoms with Crippen molar-refractivity contribution in [2.45, 2.75) is 63.0 Å². The van der Waals surface area contributed by atoms with Gasteiger partial charge in [-0.05, 0) is 93.8 Å². The van der Waals surface area contributed by atoms with Crippen LogP contribution in [0.1, 0.15) is 53.9 Å². The van der Waals surface area contributed by atoms with Gasteiger partial charge in [0, 0.05) is 33.3 Å². The summed E-state index contributed by atoms with van der Waals surface area (Å²) >= 11 is 7.71. The predicted octanol–water partition coefficient (Wildman–Crippen LogP) is 7.93. The van der Waals surface area contributed by atoms with Crippen molar-refractivity contribution in [2.75, 3.05) is 42.5 Å². The van der Waals surface area contributed by atoms with E-state index in [1.807, 2.05) is 56.7 Å². The quantitative estimate of drug-likeness (QED) is 0.0687. The smallest absolute Gasteiger partial charge is 0.316 e. The minimum Gasteiger partial charge on any atom is -0.464 e. The summed E-state index contributed by atoms with van der Waals surface area (Å²) < 4.78 is 12.5. The predicted molar refractivity (Wildman–Crippen MR) is 181 cm³/mol. The highest BCUT2D eigenvalue weighted by atomic mass is 32.2. The van der Waals surface area contributed by atoms with E-state index < -0.39 is 28.2 Å². The van der Waals surface area contributed by atoms with Crippen LogP contribution in [0.15, 0.2) is 50.9 Å². The highest BCUT2D eigenvalue weighted by molar-refractivity contribution is 8.15. The molecule has 0 spiro atoms. The van der Waals surface area contributed by atoms with E-state index in [0.717, 1.165) is 26.4 Å². The minimum absolute atomic E-state index is 0.00308. The summed E-state index contributed by atoms with van der Waals surface area (Å²) in [6.45, 7) is 9.65. The van der Waals surface area contributed by atoms with E-state index in [-0.39, 0.29) is 31.2 Å². The molecule has 2 aromatic rings. The topological polar surface area (TPSA) is 89.9 Å². The van der Waals surface area contributed by atoms with Crippen molar-refractivity contribution >= 4 is 75.4 Å². The van der Waals surface area contributed by atoms with Crippen molar-refractivity contribution in [3.63, 3.8) is 0 Å². The summed E-state index contributed by atoms with van der Waals surface area (Å²) in [5.74, 6) is 2.80. The Hall–Kier alpha value is -1.11. The van der Waals surface area contributed by atoms with Crippen LogP contribution in [0.4, 0.5) is 0 Å². The molecule has 0 aliphatic carbocycles. The maximum atomic E-state index is 13.8. The van der Waals surface area contributed by atoms with Crippen LogP contribution in [0.3, 0.4) is 0 Å². The highest BCUT2D eigenvalue weighted by Crippen LogP contribution is 2.48. The molecule has 0 aliphatic heterocycles. The summed E-state index contributed by atoms with van der Waals surface area (Å²) in [6.07, 6.45) is 2.94. The fourth-order valence-corrected chi connectivity index (χ4v) is 8.55. The molecule has 2 atom stereocenters. The van der Waals surface area contributed by atoms with Gasteiger partial charge in [0.2, 0.25) is 0 Å². The fraction of sp³-hybridized carbons (Fsp3) is 0.581. The van der Waals surface area contributed by atoms with E-state index >= 15 is 0 Å². The van der Waals surface area contributed by atoms with E-state index in [1.165, 1.54) is 23.1 Å². The number of hydrogen-bond donors (Lipinski definition) is 1. The van der Waals surface area contributed by atoms with Gasteiger partial charge in [-0.25, -0.2) is 0 Å². The number of benzene rings is 1. The number of aliphatic hydroxyl groups excluding tert-OH is 1. The molecule has 1 aromatic heterocycles. The van der Waals surface area contributed by atoms with Gasteiger partial charge in [0.25, 0.3) is 0 Å². The van der Waals surface area contributed by atoms with Crippen molar-refractivity contribution in [2.24, 2.45) is 16.2 Å². The zero-order valence-corrected chi connectivity index (χ0v) is 29.5. The van der Waals surface area contributed by atoms with Crippen molar-refractivity contribution in [1.29, 1.82) is 0 Å². The minimum atomic E-state index is -1.11. The first-order valence-corrected chi connectivity index (χ1v) is 19.2. The molecule has 0 aliphatic rings. The maximum Gasteiger partial charge on any atom is 0.316 e. The van der Waals surface area contributed by atoms with E-state index in [4.69, 9.17) is 14.6 Å². The normalized spacial score (nSPS) is 14.5. The van der Waals surface area contributed by atoms with E-state index in [2.05, 4.69) is 0 Å². The van der Waals surface area contributed by atoms with Gasteiger partial charge in [0.1, 0.15) is 12.4 Å². The molecule has 0 radical (unpaired) electrons. The van der Waals surface area contributed by atoms with Crippen LogP contribution < -0.4 is 4.74 Å². The molecule has 0 saturated carbocycles. The van der Waals surface area contributed by atoms with Gasteiger partial charge >= 0.3 is 11.9 Å². The summed E-state index contributed by atoms with van der Waals surface area (Å²) in [6, 6.07) is 11.2. The Labute approximate surface area is 272 Å². The second-order valence-corrected chi connectivity index (χ2v) is 16.7. The number of ether oxygens (including phenoxy) is 2. The lowest BCUT2D eigenvalue weighted by atomic mass is 9.65. The first-order chi connectivity index (χ1) is 19.9. The van der Waals surface area contributed by atoms with Crippen LogP contribution in [-0.4, -0.2) is 64.6 Å². The summed E-state index contributed by atoms with van der Waals surface area (Å²) in [4.78, 5) is 41.8. The van der Waals surface area contributed by atoms with Crippen molar-refractivity contribution in [1.82, 2.24) is 0 Å². The average Bonchev–Trinajstić information content (AvgIpc) is 3.47. The Balaban J connectivity index is 2.20. The van der Waals surface area contributed by atoms with Crippen molar-refractivity contribution in [3.05, 3.63) is 41.8 Å². The molecule has 2 rings (SSSR count). The molecule has 234 valence electrons. The van der Waals surface area contributed by atoms with Crippen molar-refractivity contribution < 1.29 is 29.0 Å². The van der Waals surface area contributed by atoms with Gasteiger partial charge in [0.05, 0.1) is 21.6 Å². The number of carbonyl (C=O) groups is 3. The molecule has 0 saturated heterocycles. The maximum absolute atomic E-state index is 13.8. The monoisotopic (exact) mass is 672 g/mol. The molecule has 0 bridgehead atoms. The Morgan fingerprint density at radius 3 is 2.12 bits per heavy atom. The molecule has 2 unspecified atom stereocenters. The Morgan fingerprint density at radius 2 is 1.55 bits per heavy atom. The Bertz CT molecular complexity index is 1120. The third-order valence-corrected chi connectivity index (χ3v) is 12.1. The van der Waals surface area contributed by atoms with Gasteiger partial charge in [-0.1, -0.05) is 19.9 Å². The van der Waals surface area contributed by atoms with Crippen LogP contribution in [0.2, 0.25) is 0 Å². The molecular weight excluding hydrogens is 629 g/mol. The Kier molecular flexibility index (Phi) is 15.9. The van der Waals surface area contributed by atoms with Gasteiger partial charge in [-0.15, -0.1) is 23.1 Å². The van der Waals surface area contributed by atoms with Crippen LogP contribution >= 0.6 is 58.4 Å². The average molecular weight is 673 g/mol. The largest absolute Gasteiger partial charge is 0.464 e. The van der Waals surface area contributed by atoms with E-state index in [9.17, 15) is 14.4 Å². The highest BCUT2D eigenvalue weighted by Gasteiger charge is 2.49. The summed E-state index contributed by atoms with van der Waals surface area (Å²) in [7, 11) is 0. The molecule has 42 heavy (non-hydrogen) atoms. The first kappa shape index (κ1) is 37.1. The number of rotatable bonds is 19.